The van der Waals surface area contributed by atoms with Crippen molar-refractivity contribution < 1.29 is 19.0 Å². The van der Waals surface area contributed by atoms with E-state index in [4.69, 9.17) is 15.1 Å². The molecule has 0 saturated heterocycles. The Morgan fingerprint density at radius 3 is 2.76 bits per heavy atom. The van der Waals surface area contributed by atoms with Gasteiger partial charge in [0, 0.05) is 18.3 Å². The maximum Gasteiger partial charge on any atom is 0.328 e. The number of carbonyl (C=O) groups is 1. The average Bonchev–Trinajstić information content (AvgIpc) is 2.48. The van der Waals surface area contributed by atoms with Gasteiger partial charge < -0.3 is 9.84 Å². The van der Waals surface area contributed by atoms with Crippen LogP contribution in [-0.2, 0) is 4.79 Å². The molecule has 0 unspecified atom stereocenters. The van der Waals surface area contributed by atoms with Crippen molar-refractivity contribution in [3.05, 3.63) is 59.5 Å². The van der Waals surface area contributed by atoms with Crippen LogP contribution in [0.1, 0.15) is 11.1 Å². The van der Waals surface area contributed by atoms with Crippen molar-refractivity contribution in [1.29, 1.82) is 5.26 Å². The Balaban J connectivity index is 2.14. The molecule has 21 heavy (non-hydrogen) atoms. The molecule has 0 bridgehead atoms. The molecule has 0 radical (unpaired) electrons. The number of halogens is 1. The van der Waals surface area contributed by atoms with Gasteiger partial charge in [-0.3, -0.25) is 0 Å². The minimum Gasteiger partial charge on any atom is -0.478 e. The summed E-state index contributed by atoms with van der Waals surface area (Å²) in [4.78, 5) is 14.3. The Bertz CT molecular complexity index is 734. The third-order valence-corrected chi connectivity index (χ3v) is 2.45. The summed E-state index contributed by atoms with van der Waals surface area (Å²) in [6, 6.07) is 8.74. The molecule has 1 heterocycles. The number of ether oxygens (including phenoxy) is 1. The highest BCUT2D eigenvalue weighted by Gasteiger charge is 2.06. The van der Waals surface area contributed by atoms with Crippen LogP contribution < -0.4 is 4.74 Å². The van der Waals surface area contributed by atoms with Gasteiger partial charge in [-0.25, -0.2) is 14.2 Å². The zero-order chi connectivity index (χ0) is 15.2. The number of aromatic nitrogens is 1. The van der Waals surface area contributed by atoms with Crippen molar-refractivity contribution in [2.45, 2.75) is 0 Å². The number of benzene rings is 1. The lowest BCUT2D eigenvalue weighted by molar-refractivity contribution is -0.131. The Kier molecular flexibility index (Phi) is 4.26. The van der Waals surface area contributed by atoms with Crippen LogP contribution in [0, 0.1) is 17.1 Å². The summed E-state index contributed by atoms with van der Waals surface area (Å²) in [5, 5.41) is 17.1. The average molecular weight is 284 g/mol. The molecule has 1 aromatic carbocycles. The largest absolute Gasteiger partial charge is 0.478 e. The fraction of sp³-hybridized carbons (Fsp3) is 0. The van der Waals surface area contributed by atoms with Gasteiger partial charge in [0.2, 0.25) is 5.88 Å². The molecule has 0 aliphatic heterocycles. The van der Waals surface area contributed by atoms with Gasteiger partial charge in [0.1, 0.15) is 0 Å². The van der Waals surface area contributed by atoms with Crippen molar-refractivity contribution in [1.82, 2.24) is 4.98 Å². The molecular formula is C15H9FN2O3. The Morgan fingerprint density at radius 1 is 1.38 bits per heavy atom. The number of nitriles is 1. The summed E-state index contributed by atoms with van der Waals surface area (Å²) < 4.78 is 18.9. The molecule has 0 aliphatic carbocycles. The smallest absolute Gasteiger partial charge is 0.328 e. The predicted octanol–water partition coefficient (Wildman–Crippen LogP) is 2.98. The van der Waals surface area contributed by atoms with Crippen LogP contribution in [0.5, 0.6) is 11.6 Å². The quantitative estimate of drug-likeness (QED) is 0.872. The Labute approximate surface area is 119 Å². The molecule has 2 rings (SSSR count). The maximum atomic E-state index is 13.6. The van der Waals surface area contributed by atoms with E-state index in [9.17, 15) is 9.18 Å². The van der Waals surface area contributed by atoms with Gasteiger partial charge in [-0.1, -0.05) is 0 Å². The molecule has 0 atom stereocenters. The SMILES string of the molecule is N#Cc1ccc(Oc2ccc(/C=C/C(=O)O)cn2)c(F)c1. The zero-order valence-corrected chi connectivity index (χ0v) is 10.7. The van der Waals surface area contributed by atoms with E-state index in [1.807, 2.05) is 6.07 Å². The molecule has 1 aromatic heterocycles. The van der Waals surface area contributed by atoms with E-state index in [1.165, 1.54) is 30.5 Å². The Hall–Kier alpha value is -3.20. The summed E-state index contributed by atoms with van der Waals surface area (Å²) in [7, 11) is 0. The molecule has 0 fully saturated rings. The van der Waals surface area contributed by atoms with Gasteiger partial charge in [-0.15, -0.1) is 0 Å². The van der Waals surface area contributed by atoms with Crippen molar-refractivity contribution >= 4 is 12.0 Å². The lowest BCUT2D eigenvalue weighted by Gasteiger charge is -2.05. The van der Waals surface area contributed by atoms with Crippen LogP contribution >= 0.6 is 0 Å². The van der Waals surface area contributed by atoms with Gasteiger partial charge in [-0.2, -0.15) is 5.26 Å². The standard InChI is InChI=1S/C15H9FN2O3/c16-12-7-11(8-17)1-4-13(12)21-14-5-2-10(9-18-14)3-6-15(19)20/h1-7,9H,(H,19,20)/b6-3+. The summed E-state index contributed by atoms with van der Waals surface area (Å²) in [5.41, 5.74) is 0.770. The van der Waals surface area contributed by atoms with E-state index < -0.39 is 11.8 Å². The second-order valence-corrected chi connectivity index (χ2v) is 3.96. The van der Waals surface area contributed by atoms with Gasteiger partial charge in [0.05, 0.1) is 11.6 Å². The second-order valence-electron chi connectivity index (χ2n) is 3.96. The summed E-state index contributed by atoms with van der Waals surface area (Å²) in [5.74, 6) is -1.61. The van der Waals surface area contributed by atoms with Crippen LogP contribution in [0.2, 0.25) is 0 Å². The van der Waals surface area contributed by atoms with Gasteiger partial charge >= 0.3 is 5.97 Å². The zero-order valence-electron chi connectivity index (χ0n) is 10.7. The number of carboxylic acid groups (broad SMARTS) is 1. The molecular weight excluding hydrogens is 275 g/mol. The lowest BCUT2D eigenvalue weighted by atomic mass is 10.2. The van der Waals surface area contributed by atoms with Crippen LogP contribution in [-0.4, -0.2) is 16.1 Å². The van der Waals surface area contributed by atoms with Crippen LogP contribution in [0.15, 0.2) is 42.6 Å². The van der Waals surface area contributed by atoms with Crippen molar-refractivity contribution in [3.8, 4) is 17.7 Å². The molecule has 2 aromatic rings. The summed E-state index contributed by atoms with van der Waals surface area (Å²) in [6.07, 6.45) is 3.76. The van der Waals surface area contributed by atoms with Crippen molar-refractivity contribution in [2.24, 2.45) is 0 Å². The topological polar surface area (TPSA) is 83.2 Å². The fourth-order valence-electron chi connectivity index (χ4n) is 1.48. The predicted molar refractivity (Wildman–Crippen MR) is 72.1 cm³/mol. The van der Waals surface area contributed by atoms with E-state index in [0.29, 0.717) is 5.56 Å². The number of pyridine rings is 1. The molecule has 5 nitrogen and oxygen atoms in total. The van der Waals surface area contributed by atoms with Crippen LogP contribution in [0.4, 0.5) is 4.39 Å². The first kappa shape index (κ1) is 14.2. The number of rotatable bonds is 4. The first-order chi connectivity index (χ1) is 10.1. The third kappa shape index (κ3) is 3.88. The van der Waals surface area contributed by atoms with E-state index in [1.54, 1.807) is 6.07 Å². The molecule has 104 valence electrons. The third-order valence-electron chi connectivity index (χ3n) is 2.45. The number of hydrogen-bond acceptors (Lipinski definition) is 4. The maximum absolute atomic E-state index is 13.6. The molecule has 0 amide bonds. The minimum absolute atomic E-state index is 0.0460. The highest BCUT2D eigenvalue weighted by Crippen LogP contribution is 2.23. The van der Waals surface area contributed by atoms with Crippen LogP contribution in [0.3, 0.4) is 0 Å². The number of hydrogen-bond donors (Lipinski definition) is 1. The molecule has 6 heteroatoms. The van der Waals surface area contributed by atoms with Gasteiger partial charge in [0.25, 0.3) is 0 Å². The number of aliphatic carboxylic acids is 1. The second kappa shape index (κ2) is 6.30. The highest BCUT2D eigenvalue weighted by molar-refractivity contribution is 5.85. The highest BCUT2D eigenvalue weighted by atomic mass is 19.1. The Morgan fingerprint density at radius 2 is 2.19 bits per heavy atom. The fourth-order valence-corrected chi connectivity index (χ4v) is 1.48. The lowest BCUT2D eigenvalue weighted by Crippen LogP contribution is -1.92. The van der Waals surface area contributed by atoms with E-state index >= 15 is 0 Å². The monoisotopic (exact) mass is 284 g/mol. The van der Waals surface area contributed by atoms with Crippen molar-refractivity contribution in [2.75, 3.05) is 0 Å². The number of carboxylic acids is 1. The van der Waals surface area contributed by atoms with E-state index in [0.717, 1.165) is 12.1 Å². The molecule has 0 saturated carbocycles. The normalized spacial score (nSPS) is 10.3. The first-order valence-electron chi connectivity index (χ1n) is 5.83. The van der Waals surface area contributed by atoms with Crippen LogP contribution in [0.25, 0.3) is 6.08 Å². The number of nitrogens with zero attached hydrogens (tertiary/aromatic N) is 2. The van der Waals surface area contributed by atoms with Gasteiger partial charge in [-0.05, 0) is 35.9 Å². The molecule has 0 aliphatic rings. The van der Waals surface area contributed by atoms with Crippen molar-refractivity contribution in [3.63, 3.8) is 0 Å². The van der Waals surface area contributed by atoms with E-state index in [2.05, 4.69) is 4.98 Å². The molecule has 1 N–H and O–H groups in total. The summed E-state index contributed by atoms with van der Waals surface area (Å²) in [6.45, 7) is 0. The van der Waals surface area contributed by atoms with E-state index in [-0.39, 0.29) is 17.2 Å². The minimum atomic E-state index is -1.06. The van der Waals surface area contributed by atoms with Gasteiger partial charge in [0.15, 0.2) is 11.6 Å². The molecule has 0 spiro atoms. The summed E-state index contributed by atoms with van der Waals surface area (Å²) >= 11 is 0. The first-order valence-corrected chi connectivity index (χ1v) is 5.83.